The molecule has 0 aromatic heterocycles. The van der Waals surface area contributed by atoms with Crippen LogP contribution in [0.5, 0.6) is 0 Å². The fourth-order valence-electron chi connectivity index (χ4n) is 1.53. The minimum absolute atomic E-state index is 0.0498. The van der Waals surface area contributed by atoms with E-state index in [-0.39, 0.29) is 18.2 Å². The summed E-state index contributed by atoms with van der Waals surface area (Å²) >= 11 is 0. The summed E-state index contributed by atoms with van der Waals surface area (Å²) in [6.07, 6.45) is -0.0498. The Morgan fingerprint density at radius 3 is 2.53 bits per heavy atom. The van der Waals surface area contributed by atoms with Crippen LogP contribution in [-0.4, -0.2) is 11.1 Å². The summed E-state index contributed by atoms with van der Waals surface area (Å²) in [5.74, 6) is -1.07. The normalized spacial score (nSPS) is 10.7. The zero-order valence-corrected chi connectivity index (χ0v) is 9.17. The SMILES string of the molecule is Cc1cc(F)c(C(C)C)cc1CC(=O)O. The molecule has 1 aromatic carbocycles. The molecule has 0 saturated heterocycles. The topological polar surface area (TPSA) is 37.3 Å². The van der Waals surface area contributed by atoms with Gasteiger partial charge in [-0.2, -0.15) is 0 Å². The molecule has 0 fully saturated rings. The van der Waals surface area contributed by atoms with Gasteiger partial charge in [0.2, 0.25) is 0 Å². The fourth-order valence-corrected chi connectivity index (χ4v) is 1.53. The number of benzene rings is 1. The molecular weight excluding hydrogens is 195 g/mol. The number of hydrogen-bond donors (Lipinski definition) is 1. The van der Waals surface area contributed by atoms with Crippen LogP contribution < -0.4 is 0 Å². The standard InChI is InChI=1S/C12H15FO2/c1-7(2)10-5-9(6-12(14)15)8(3)4-11(10)13/h4-5,7H,6H2,1-3H3,(H,14,15). The van der Waals surface area contributed by atoms with Gasteiger partial charge in [0.1, 0.15) is 5.82 Å². The Hall–Kier alpha value is -1.38. The van der Waals surface area contributed by atoms with E-state index in [1.807, 2.05) is 13.8 Å². The first-order valence-corrected chi connectivity index (χ1v) is 4.92. The van der Waals surface area contributed by atoms with Crippen molar-refractivity contribution in [3.8, 4) is 0 Å². The van der Waals surface area contributed by atoms with E-state index in [9.17, 15) is 9.18 Å². The number of rotatable bonds is 3. The van der Waals surface area contributed by atoms with Crippen molar-refractivity contribution in [3.63, 3.8) is 0 Å². The molecule has 0 aliphatic rings. The third kappa shape index (κ3) is 2.78. The minimum Gasteiger partial charge on any atom is -0.481 e. The van der Waals surface area contributed by atoms with Crippen LogP contribution in [0.2, 0.25) is 0 Å². The minimum atomic E-state index is -0.889. The smallest absolute Gasteiger partial charge is 0.307 e. The Morgan fingerprint density at radius 2 is 2.07 bits per heavy atom. The van der Waals surface area contributed by atoms with Crippen LogP contribution in [0, 0.1) is 12.7 Å². The monoisotopic (exact) mass is 210 g/mol. The largest absolute Gasteiger partial charge is 0.481 e. The summed E-state index contributed by atoms with van der Waals surface area (Å²) in [7, 11) is 0. The molecule has 1 rings (SSSR count). The van der Waals surface area contributed by atoms with E-state index in [1.54, 1.807) is 13.0 Å². The molecule has 0 atom stereocenters. The van der Waals surface area contributed by atoms with Gasteiger partial charge in [-0.1, -0.05) is 19.9 Å². The quantitative estimate of drug-likeness (QED) is 0.832. The second-order valence-electron chi connectivity index (χ2n) is 4.03. The van der Waals surface area contributed by atoms with Crippen LogP contribution in [0.1, 0.15) is 36.5 Å². The van der Waals surface area contributed by atoms with Crippen LogP contribution in [0.25, 0.3) is 0 Å². The van der Waals surface area contributed by atoms with E-state index in [0.717, 1.165) is 0 Å². The third-order valence-corrected chi connectivity index (χ3v) is 2.42. The Morgan fingerprint density at radius 1 is 1.47 bits per heavy atom. The Balaban J connectivity index is 3.17. The predicted octanol–water partition coefficient (Wildman–Crippen LogP) is 2.88. The number of carboxylic acids is 1. The molecule has 0 aliphatic heterocycles. The van der Waals surface area contributed by atoms with E-state index in [2.05, 4.69) is 0 Å². The van der Waals surface area contributed by atoms with Gasteiger partial charge in [0, 0.05) is 0 Å². The van der Waals surface area contributed by atoms with Crippen LogP contribution in [-0.2, 0) is 11.2 Å². The van der Waals surface area contributed by atoms with Gasteiger partial charge in [0.25, 0.3) is 0 Å². The summed E-state index contributed by atoms with van der Waals surface area (Å²) in [4.78, 5) is 10.6. The van der Waals surface area contributed by atoms with Crippen LogP contribution in [0.3, 0.4) is 0 Å². The molecule has 0 amide bonds. The molecular formula is C12H15FO2. The van der Waals surface area contributed by atoms with Crippen LogP contribution in [0.4, 0.5) is 4.39 Å². The van der Waals surface area contributed by atoms with E-state index >= 15 is 0 Å². The lowest BCUT2D eigenvalue weighted by Gasteiger charge is -2.11. The lowest BCUT2D eigenvalue weighted by Crippen LogP contribution is -2.05. The van der Waals surface area contributed by atoms with Crippen molar-refractivity contribution in [2.75, 3.05) is 0 Å². The number of hydrogen-bond acceptors (Lipinski definition) is 1. The summed E-state index contributed by atoms with van der Waals surface area (Å²) in [5.41, 5.74) is 1.96. The first-order valence-electron chi connectivity index (χ1n) is 4.92. The highest BCUT2D eigenvalue weighted by Gasteiger charge is 2.12. The maximum Gasteiger partial charge on any atom is 0.307 e. The van der Waals surface area contributed by atoms with Gasteiger partial charge in [0.05, 0.1) is 6.42 Å². The van der Waals surface area contributed by atoms with Gasteiger partial charge in [-0.15, -0.1) is 0 Å². The number of aryl methyl sites for hydroxylation is 1. The van der Waals surface area contributed by atoms with Gasteiger partial charge in [-0.05, 0) is 35.6 Å². The second kappa shape index (κ2) is 4.43. The Kier molecular flexibility index (Phi) is 3.45. The van der Waals surface area contributed by atoms with E-state index < -0.39 is 5.97 Å². The molecule has 0 heterocycles. The van der Waals surface area contributed by atoms with E-state index in [0.29, 0.717) is 16.7 Å². The average Bonchev–Trinajstić information content (AvgIpc) is 2.08. The second-order valence-corrected chi connectivity index (χ2v) is 4.03. The van der Waals surface area contributed by atoms with Gasteiger partial charge in [-0.3, -0.25) is 4.79 Å². The zero-order chi connectivity index (χ0) is 11.6. The Bertz CT molecular complexity index is 383. The predicted molar refractivity (Wildman–Crippen MR) is 56.6 cm³/mol. The van der Waals surface area contributed by atoms with Gasteiger partial charge < -0.3 is 5.11 Å². The molecule has 2 nitrogen and oxygen atoms in total. The van der Waals surface area contributed by atoms with Gasteiger partial charge in [0.15, 0.2) is 0 Å². The third-order valence-electron chi connectivity index (χ3n) is 2.42. The van der Waals surface area contributed by atoms with Crippen molar-refractivity contribution in [3.05, 3.63) is 34.6 Å². The molecule has 0 spiro atoms. The maximum absolute atomic E-state index is 13.5. The van der Waals surface area contributed by atoms with Crippen molar-refractivity contribution in [2.24, 2.45) is 0 Å². The molecule has 3 heteroatoms. The molecule has 0 aliphatic carbocycles. The molecule has 1 aromatic rings. The van der Waals surface area contributed by atoms with Crippen molar-refractivity contribution < 1.29 is 14.3 Å². The molecule has 15 heavy (non-hydrogen) atoms. The highest BCUT2D eigenvalue weighted by atomic mass is 19.1. The first-order chi connectivity index (χ1) is 6.91. The molecule has 0 unspecified atom stereocenters. The molecule has 0 bridgehead atoms. The van der Waals surface area contributed by atoms with Crippen molar-refractivity contribution in [1.82, 2.24) is 0 Å². The maximum atomic E-state index is 13.5. The average molecular weight is 210 g/mol. The van der Waals surface area contributed by atoms with Crippen molar-refractivity contribution >= 4 is 5.97 Å². The van der Waals surface area contributed by atoms with Crippen LogP contribution in [0.15, 0.2) is 12.1 Å². The molecule has 1 N–H and O–H groups in total. The number of carboxylic acid groups (broad SMARTS) is 1. The van der Waals surface area contributed by atoms with E-state index in [1.165, 1.54) is 6.07 Å². The summed E-state index contributed by atoms with van der Waals surface area (Å²) in [6.45, 7) is 5.50. The highest BCUT2D eigenvalue weighted by Crippen LogP contribution is 2.22. The van der Waals surface area contributed by atoms with E-state index in [4.69, 9.17) is 5.11 Å². The lowest BCUT2D eigenvalue weighted by molar-refractivity contribution is -0.136. The fraction of sp³-hybridized carbons (Fsp3) is 0.417. The summed E-state index contributed by atoms with van der Waals surface area (Å²) in [5, 5.41) is 8.70. The Labute approximate surface area is 88.7 Å². The van der Waals surface area contributed by atoms with Crippen molar-refractivity contribution in [1.29, 1.82) is 0 Å². The van der Waals surface area contributed by atoms with Gasteiger partial charge >= 0.3 is 5.97 Å². The lowest BCUT2D eigenvalue weighted by atomic mass is 9.96. The first kappa shape index (κ1) is 11.7. The highest BCUT2D eigenvalue weighted by molar-refractivity contribution is 5.70. The zero-order valence-electron chi connectivity index (χ0n) is 9.17. The van der Waals surface area contributed by atoms with Gasteiger partial charge in [-0.25, -0.2) is 4.39 Å². The summed E-state index contributed by atoms with van der Waals surface area (Å²) in [6, 6.07) is 3.07. The molecule has 0 saturated carbocycles. The molecule has 82 valence electrons. The number of halogens is 1. The van der Waals surface area contributed by atoms with Crippen molar-refractivity contribution in [2.45, 2.75) is 33.1 Å². The number of aliphatic carboxylic acids is 1. The summed E-state index contributed by atoms with van der Waals surface area (Å²) < 4.78 is 13.5. The molecule has 0 radical (unpaired) electrons. The number of carbonyl (C=O) groups is 1. The van der Waals surface area contributed by atoms with Crippen LogP contribution >= 0.6 is 0 Å².